The van der Waals surface area contributed by atoms with Crippen LogP contribution in [0.1, 0.15) is 24.4 Å². The molecule has 19 heavy (non-hydrogen) atoms. The lowest BCUT2D eigenvalue weighted by Gasteiger charge is -2.15. The highest BCUT2D eigenvalue weighted by Crippen LogP contribution is 2.19. The molecule has 1 heterocycles. The van der Waals surface area contributed by atoms with E-state index in [1.165, 1.54) is 12.1 Å². The second-order valence-corrected chi connectivity index (χ2v) is 4.35. The molecule has 5 heteroatoms. The molecule has 0 radical (unpaired) electrons. The van der Waals surface area contributed by atoms with Crippen LogP contribution in [0.5, 0.6) is 0 Å². The van der Waals surface area contributed by atoms with Crippen molar-refractivity contribution in [3.63, 3.8) is 0 Å². The third-order valence-corrected chi connectivity index (χ3v) is 2.83. The van der Waals surface area contributed by atoms with Crippen LogP contribution in [0.2, 0.25) is 0 Å². The fourth-order valence-corrected chi connectivity index (χ4v) is 1.83. The number of halogens is 1. The Morgan fingerprint density at radius 3 is 2.37 bits per heavy atom. The minimum absolute atomic E-state index is 0.0413. The summed E-state index contributed by atoms with van der Waals surface area (Å²) in [5, 5.41) is 6.27. The van der Waals surface area contributed by atoms with E-state index in [1.54, 1.807) is 12.1 Å². The van der Waals surface area contributed by atoms with Crippen LogP contribution < -0.4 is 10.6 Å². The Balaban J connectivity index is 2.16. The van der Waals surface area contributed by atoms with Crippen molar-refractivity contribution in [3.05, 3.63) is 47.5 Å². The SMILES string of the molecule is CNc1cc(NC(C)c2ccc(F)cc2)nc(C)n1. The lowest BCUT2D eigenvalue weighted by Crippen LogP contribution is -2.09. The summed E-state index contributed by atoms with van der Waals surface area (Å²) in [5.74, 6) is 1.97. The van der Waals surface area contributed by atoms with Gasteiger partial charge in [0.05, 0.1) is 0 Å². The van der Waals surface area contributed by atoms with Crippen LogP contribution in [-0.4, -0.2) is 17.0 Å². The van der Waals surface area contributed by atoms with Gasteiger partial charge in [-0.15, -0.1) is 0 Å². The van der Waals surface area contributed by atoms with Gasteiger partial charge < -0.3 is 10.6 Å². The third-order valence-electron chi connectivity index (χ3n) is 2.83. The average Bonchev–Trinajstić information content (AvgIpc) is 2.38. The molecule has 0 bridgehead atoms. The zero-order valence-corrected chi connectivity index (χ0v) is 11.2. The van der Waals surface area contributed by atoms with E-state index in [9.17, 15) is 4.39 Å². The highest BCUT2D eigenvalue weighted by Gasteiger charge is 2.07. The van der Waals surface area contributed by atoms with E-state index < -0.39 is 0 Å². The summed E-state index contributed by atoms with van der Waals surface area (Å²) in [7, 11) is 1.81. The number of nitrogens with zero attached hydrogens (tertiary/aromatic N) is 2. The van der Waals surface area contributed by atoms with E-state index in [-0.39, 0.29) is 11.9 Å². The fraction of sp³-hybridized carbons (Fsp3) is 0.286. The van der Waals surface area contributed by atoms with Crippen LogP contribution in [0.4, 0.5) is 16.0 Å². The summed E-state index contributed by atoms with van der Waals surface area (Å²) >= 11 is 0. The van der Waals surface area contributed by atoms with E-state index in [4.69, 9.17) is 0 Å². The Kier molecular flexibility index (Phi) is 3.94. The molecule has 1 aromatic heterocycles. The molecule has 0 saturated heterocycles. The van der Waals surface area contributed by atoms with E-state index in [0.29, 0.717) is 5.82 Å². The van der Waals surface area contributed by atoms with Gasteiger partial charge in [-0.1, -0.05) is 12.1 Å². The van der Waals surface area contributed by atoms with E-state index >= 15 is 0 Å². The minimum Gasteiger partial charge on any atom is -0.373 e. The van der Waals surface area contributed by atoms with Crippen molar-refractivity contribution in [2.24, 2.45) is 0 Å². The molecular formula is C14H17FN4. The van der Waals surface area contributed by atoms with Gasteiger partial charge in [0.15, 0.2) is 0 Å². The van der Waals surface area contributed by atoms with Gasteiger partial charge in [-0.2, -0.15) is 0 Å². The second kappa shape index (κ2) is 5.65. The minimum atomic E-state index is -0.230. The van der Waals surface area contributed by atoms with Crippen LogP contribution in [0.3, 0.4) is 0 Å². The Bertz CT molecular complexity index is 554. The van der Waals surface area contributed by atoms with Gasteiger partial charge >= 0.3 is 0 Å². The van der Waals surface area contributed by atoms with Crippen molar-refractivity contribution in [2.75, 3.05) is 17.7 Å². The Hall–Kier alpha value is -2.17. The van der Waals surface area contributed by atoms with Crippen LogP contribution >= 0.6 is 0 Å². The van der Waals surface area contributed by atoms with Gasteiger partial charge in [0.25, 0.3) is 0 Å². The van der Waals surface area contributed by atoms with E-state index in [1.807, 2.05) is 27.0 Å². The van der Waals surface area contributed by atoms with Crippen LogP contribution in [-0.2, 0) is 0 Å². The molecule has 0 aliphatic carbocycles. The molecule has 2 rings (SSSR count). The number of anilines is 2. The smallest absolute Gasteiger partial charge is 0.132 e. The number of aryl methyl sites for hydroxylation is 1. The molecule has 100 valence electrons. The van der Waals surface area contributed by atoms with Crippen molar-refractivity contribution in [2.45, 2.75) is 19.9 Å². The maximum Gasteiger partial charge on any atom is 0.132 e. The second-order valence-electron chi connectivity index (χ2n) is 4.35. The summed E-state index contributed by atoms with van der Waals surface area (Å²) in [4.78, 5) is 8.56. The van der Waals surface area contributed by atoms with Crippen LogP contribution in [0.25, 0.3) is 0 Å². The zero-order chi connectivity index (χ0) is 13.8. The molecule has 2 aromatic rings. The van der Waals surface area contributed by atoms with E-state index in [2.05, 4.69) is 20.6 Å². The van der Waals surface area contributed by atoms with Gasteiger partial charge in [-0.3, -0.25) is 0 Å². The first-order valence-electron chi connectivity index (χ1n) is 6.14. The molecule has 1 unspecified atom stereocenters. The molecule has 0 saturated carbocycles. The number of hydrogen-bond donors (Lipinski definition) is 2. The molecule has 1 atom stereocenters. The largest absolute Gasteiger partial charge is 0.373 e. The highest BCUT2D eigenvalue weighted by molar-refractivity contribution is 5.48. The highest BCUT2D eigenvalue weighted by atomic mass is 19.1. The van der Waals surface area contributed by atoms with Gasteiger partial charge in [0.2, 0.25) is 0 Å². The van der Waals surface area contributed by atoms with Crippen molar-refractivity contribution < 1.29 is 4.39 Å². The number of hydrogen-bond acceptors (Lipinski definition) is 4. The Labute approximate surface area is 112 Å². The Morgan fingerprint density at radius 1 is 1.11 bits per heavy atom. The fourth-order valence-electron chi connectivity index (χ4n) is 1.83. The molecule has 0 spiro atoms. The quantitative estimate of drug-likeness (QED) is 0.886. The lowest BCUT2D eigenvalue weighted by molar-refractivity contribution is 0.626. The summed E-state index contributed by atoms with van der Waals surface area (Å²) in [5.41, 5.74) is 1.00. The first-order valence-corrected chi connectivity index (χ1v) is 6.14. The Morgan fingerprint density at radius 2 is 1.74 bits per heavy atom. The molecule has 2 N–H and O–H groups in total. The van der Waals surface area contributed by atoms with Crippen LogP contribution in [0, 0.1) is 12.7 Å². The maximum atomic E-state index is 12.9. The number of aromatic nitrogens is 2. The molecule has 1 aromatic carbocycles. The van der Waals surface area contributed by atoms with Gasteiger partial charge in [0.1, 0.15) is 23.3 Å². The summed E-state index contributed by atoms with van der Waals surface area (Å²) in [6, 6.07) is 8.32. The molecule has 0 amide bonds. The predicted molar refractivity (Wildman–Crippen MR) is 74.8 cm³/mol. The van der Waals surface area contributed by atoms with Crippen molar-refractivity contribution in [3.8, 4) is 0 Å². The van der Waals surface area contributed by atoms with Gasteiger partial charge in [0, 0.05) is 19.2 Å². The summed E-state index contributed by atoms with van der Waals surface area (Å²) < 4.78 is 12.9. The molecule has 0 aliphatic heterocycles. The van der Waals surface area contributed by atoms with Crippen molar-refractivity contribution in [1.82, 2.24) is 9.97 Å². The number of rotatable bonds is 4. The monoisotopic (exact) mass is 260 g/mol. The summed E-state index contributed by atoms with van der Waals surface area (Å²) in [6.07, 6.45) is 0. The molecular weight excluding hydrogens is 243 g/mol. The van der Waals surface area contributed by atoms with Crippen molar-refractivity contribution in [1.29, 1.82) is 0 Å². The van der Waals surface area contributed by atoms with E-state index in [0.717, 1.165) is 17.2 Å². The molecule has 4 nitrogen and oxygen atoms in total. The maximum absolute atomic E-state index is 12.9. The zero-order valence-electron chi connectivity index (χ0n) is 11.2. The molecule has 0 aliphatic rings. The number of benzene rings is 1. The third kappa shape index (κ3) is 3.40. The first kappa shape index (κ1) is 13.3. The summed E-state index contributed by atoms with van der Waals surface area (Å²) in [6.45, 7) is 3.85. The van der Waals surface area contributed by atoms with Gasteiger partial charge in [-0.05, 0) is 31.5 Å². The van der Waals surface area contributed by atoms with Crippen LogP contribution in [0.15, 0.2) is 30.3 Å². The average molecular weight is 260 g/mol. The number of nitrogens with one attached hydrogen (secondary N) is 2. The molecule has 0 fully saturated rings. The van der Waals surface area contributed by atoms with Gasteiger partial charge in [-0.25, -0.2) is 14.4 Å². The normalized spacial score (nSPS) is 12.0. The predicted octanol–water partition coefficient (Wildman–Crippen LogP) is 3.14. The lowest BCUT2D eigenvalue weighted by atomic mass is 10.1. The van der Waals surface area contributed by atoms with Crippen molar-refractivity contribution >= 4 is 11.6 Å². The standard InChI is InChI=1S/C14H17FN4/c1-9(11-4-6-12(15)7-5-11)17-14-8-13(16-3)18-10(2)19-14/h4-9H,1-3H3,(H2,16,17,18,19). The first-order chi connectivity index (χ1) is 9.08. The topological polar surface area (TPSA) is 49.8 Å².